The molecule has 0 bridgehead atoms. The molecule has 0 unspecified atom stereocenters. The molecule has 0 fully saturated rings. The SMILES string of the molecule is CCCCCCC(=O)N(c1ccccc1)[C@@H]1C[C@@H](C)N(C(C)=O)c2ccccc21. The zero-order chi connectivity index (χ0) is 20.8. The van der Waals surface area contributed by atoms with Crippen LogP contribution in [0.4, 0.5) is 11.4 Å². The summed E-state index contributed by atoms with van der Waals surface area (Å²) in [5.74, 6) is 0.205. The highest BCUT2D eigenvalue weighted by Crippen LogP contribution is 2.42. The molecule has 1 heterocycles. The Hall–Kier alpha value is -2.62. The molecule has 2 amide bonds. The largest absolute Gasteiger partial charge is 0.309 e. The van der Waals surface area contributed by atoms with Gasteiger partial charge in [0, 0.05) is 30.8 Å². The van der Waals surface area contributed by atoms with Crippen LogP contribution in [-0.2, 0) is 9.59 Å². The van der Waals surface area contributed by atoms with Crippen molar-refractivity contribution in [3.05, 3.63) is 60.2 Å². The third-order valence-corrected chi connectivity index (χ3v) is 5.76. The fourth-order valence-electron chi connectivity index (χ4n) is 4.42. The van der Waals surface area contributed by atoms with Gasteiger partial charge in [-0.25, -0.2) is 0 Å². The van der Waals surface area contributed by atoms with Gasteiger partial charge in [-0.15, -0.1) is 0 Å². The van der Waals surface area contributed by atoms with Crippen molar-refractivity contribution in [1.29, 1.82) is 0 Å². The van der Waals surface area contributed by atoms with Crippen LogP contribution in [0.3, 0.4) is 0 Å². The minimum Gasteiger partial charge on any atom is -0.309 e. The van der Waals surface area contributed by atoms with Gasteiger partial charge in [-0.1, -0.05) is 62.6 Å². The van der Waals surface area contributed by atoms with E-state index in [1.54, 1.807) is 6.92 Å². The van der Waals surface area contributed by atoms with Crippen LogP contribution in [0.5, 0.6) is 0 Å². The number of rotatable bonds is 7. The molecule has 0 aromatic heterocycles. The molecule has 0 saturated carbocycles. The molecule has 2 atom stereocenters. The standard InChI is InChI=1S/C25H32N2O2/c1-4-5-6-10-17-25(29)27(21-13-8-7-9-14-21)24-18-19(2)26(20(3)28)23-16-12-11-15-22(23)24/h7-9,11-16,19,24H,4-6,10,17-18H2,1-3H3/t19-,24-/m1/s1. The van der Waals surface area contributed by atoms with Crippen molar-refractivity contribution in [2.75, 3.05) is 9.80 Å². The van der Waals surface area contributed by atoms with Crippen LogP contribution >= 0.6 is 0 Å². The van der Waals surface area contributed by atoms with Crippen LogP contribution in [-0.4, -0.2) is 17.9 Å². The maximum absolute atomic E-state index is 13.4. The maximum atomic E-state index is 13.4. The van der Waals surface area contributed by atoms with Gasteiger partial charge < -0.3 is 9.80 Å². The predicted molar refractivity (Wildman–Crippen MR) is 119 cm³/mol. The van der Waals surface area contributed by atoms with Crippen LogP contribution in [0.25, 0.3) is 0 Å². The number of anilines is 2. The van der Waals surface area contributed by atoms with Gasteiger partial charge in [-0.2, -0.15) is 0 Å². The second-order valence-electron chi connectivity index (χ2n) is 7.96. The Bertz CT molecular complexity index is 834. The molecule has 1 aliphatic rings. The average molecular weight is 393 g/mol. The number of carbonyl (C=O) groups excluding carboxylic acids is 2. The van der Waals surface area contributed by atoms with Gasteiger partial charge in [-0.05, 0) is 43.5 Å². The number of amides is 2. The topological polar surface area (TPSA) is 40.6 Å². The smallest absolute Gasteiger partial charge is 0.227 e. The Morgan fingerprint density at radius 1 is 1.00 bits per heavy atom. The lowest BCUT2D eigenvalue weighted by Crippen LogP contribution is -2.47. The molecule has 29 heavy (non-hydrogen) atoms. The van der Waals surface area contributed by atoms with Crippen molar-refractivity contribution in [3.63, 3.8) is 0 Å². The molecule has 0 N–H and O–H groups in total. The van der Waals surface area contributed by atoms with Gasteiger partial charge in [0.2, 0.25) is 11.8 Å². The van der Waals surface area contributed by atoms with Crippen LogP contribution < -0.4 is 9.80 Å². The van der Waals surface area contributed by atoms with E-state index in [0.29, 0.717) is 6.42 Å². The summed E-state index contributed by atoms with van der Waals surface area (Å²) in [7, 11) is 0. The highest BCUT2D eigenvalue weighted by atomic mass is 16.2. The monoisotopic (exact) mass is 392 g/mol. The van der Waals surface area contributed by atoms with Crippen molar-refractivity contribution >= 4 is 23.2 Å². The van der Waals surface area contributed by atoms with Gasteiger partial charge >= 0.3 is 0 Å². The quantitative estimate of drug-likeness (QED) is 0.552. The van der Waals surface area contributed by atoms with E-state index < -0.39 is 0 Å². The Labute approximate surface area is 174 Å². The third-order valence-electron chi connectivity index (χ3n) is 5.76. The molecule has 3 rings (SSSR count). The van der Waals surface area contributed by atoms with Crippen LogP contribution in [0.15, 0.2) is 54.6 Å². The molecule has 0 radical (unpaired) electrons. The first-order valence-electron chi connectivity index (χ1n) is 10.8. The number of unbranched alkanes of at least 4 members (excludes halogenated alkanes) is 3. The van der Waals surface area contributed by atoms with Crippen molar-refractivity contribution in [3.8, 4) is 0 Å². The zero-order valence-electron chi connectivity index (χ0n) is 17.8. The highest BCUT2D eigenvalue weighted by molar-refractivity contribution is 5.97. The highest BCUT2D eigenvalue weighted by Gasteiger charge is 2.37. The second kappa shape index (κ2) is 9.73. The first kappa shape index (κ1) is 21.1. The van der Waals surface area contributed by atoms with Crippen molar-refractivity contribution in [2.45, 2.75) is 71.4 Å². The van der Waals surface area contributed by atoms with E-state index in [0.717, 1.165) is 49.0 Å². The van der Waals surface area contributed by atoms with E-state index in [2.05, 4.69) is 19.9 Å². The minimum absolute atomic E-state index is 0.0338. The van der Waals surface area contributed by atoms with Crippen molar-refractivity contribution < 1.29 is 9.59 Å². The Balaban J connectivity index is 1.98. The maximum Gasteiger partial charge on any atom is 0.227 e. The summed E-state index contributed by atoms with van der Waals surface area (Å²) in [6.07, 6.45) is 5.60. The molecule has 2 aromatic rings. The zero-order valence-corrected chi connectivity index (χ0v) is 17.8. The molecule has 4 heteroatoms. The first-order valence-corrected chi connectivity index (χ1v) is 10.8. The molecule has 154 valence electrons. The molecule has 0 spiro atoms. The molecule has 1 aliphatic heterocycles. The van der Waals surface area contributed by atoms with Crippen LogP contribution in [0.1, 0.15) is 70.9 Å². The fraction of sp³-hybridized carbons (Fsp3) is 0.440. The summed E-state index contributed by atoms with van der Waals surface area (Å²) >= 11 is 0. The van der Waals surface area contributed by atoms with E-state index in [-0.39, 0.29) is 23.9 Å². The van der Waals surface area contributed by atoms with Gasteiger partial charge in [0.05, 0.1) is 6.04 Å². The van der Waals surface area contributed by atoms with Crippen molar-refractivity contribution in [1.82, 2.24) is 0 Å². The molecular formula is C25H32N2O2. The molecule has 4 nitrogen and oxygen atoms in total. The molecular weight excluding hydrogens is 360 g/mol. The summed E-state index contributed by atoms with van der Waals surface area (Å²) in [4.78, 5) is 29.5. The van der Waals surface area contributed by atoms with E-state index in [1.807, 2.05) is 58.3 Å². The number of carbonyl (C=O) groups is 2. The molecule has 2 aromatic carbocycles. The molecule has 0 aliphatic carbocycles. The number of hydrogen-bond acceptors (Lipinski definition) is 2. The van der Waals surface area contributed by atoms with Gasteiger partial charge in [0.25, 0.3) is 0 Å². The Kier molecular flexibility index (Phi) is 7.08. The lowest BCUT2D eigenvalue weighted by atomic mass is 9.89. The third kappa shape index (κ3) is 4.69. The average Bonchev–Trinajstić information content (AvgIpc) is 2.72. The number of nitrogens with zero attached hydrogens (tertiary/aromatic N) is 2. The van der Waals surface area contributed by atoms with E-state index in [1.165, 1.54) is 0 Å². The normalized spacial score (nSPS) is 18.2. The lowest BCUT2D eigenvalue weighted by Gasteiger charge is -2.43. The lowest BCUT2D eigenvalue weighted by molar-refractivity contribution is -0.119. The van der Waals surface area contributed by atoms with E-state index >= 15 is 0 Å². The van der Waals surface area contributed by atoms with E-state index in [9.17, 15) is 9.59 Å². The fourth-order valence-corrected chi connectivity index (χ4v) is 4.42. The van der Waals surface area contributed by atoms with Gasteiger partial charge in [-0.3, -0.25) is 9.59 Å². The summed E-state index contributed by atoms with van der Waals surface area (Å²) in [6.45, 7) is 5.86. The number of hydrogen-bond donors (Lipinski definition) is 0. The number of para-hydroxylation sites is 2. The molecule has 0 saturated heterocycles. The summed E-state index contributed by atoms with van der Waals surface area (Å²) in [6, 6.07) is 17.9. The van der Waals surface area contributed by atoms with Gasteiger partial charge in [0.15, 0.2) is 0 Å². The number of fused-ring (bicyclic) bond motifs is 1. The van der Waals surface area contributed by atoms with Crippen molar-refractivity contribution in [2.24, 2.45) is 0 Å². The van der Waals surface area contributed by atoms with Gasteiger partial charge in [0.1, 0.15) is 0 Å². The minimum atomic E-state index is -0.0714. The summed E-state index contributed by atoms with van der Waals surface area (Å²) in [5, 5.41) is 0. The Morgan fingerprint density at radius 3 is 2.38 bits per heavy atom. The predicted octanol–water partition coefficient (Wildman–Crippen LogP) is 5.88. The van der Waals surface area contributed by atoms with Crippen LogP contribution in [0, 0.1) is 0 Å². The van der Waals surface area contributed by atoms with E-state index in [4.69, 9.17) is 0 Å². The Morgan fingerprint density at radius 2 is 1.69 bits per heavy atom. The number of benzene rings is 2. The summed E-state index contributed by atoms with van der Waals surface area (Å²) in [5.41, 5.74) is 2.89. The summed E-state index contributed by atoms with van der Waals surface area (Å²) < 4.78 is 0. The second-order valence-corrected chi connectivity index (χ2v) is 7.96. The van der Waals surface area contributed by atoms with Crippen LogP contribution in [0.2, 0.25) is 0 Å². The first-order chi connectivity index (χ1) is 14.0.